The van der Waals surface area contributed by atoms with Crippen molar-refractivity contribution in [1.29, 1.82) is 0 Å². The Morgan fingerprint density at radius 3 is 2.73 bits per heavy atom. The Hall–Kier alpha value is -2.72. The first-order chi connectivity index (χ1) is 12.4. The van der Waals surface area contributed by atoms with Gasteiger partial charge in [0.05, 0.1) is 13.2 Å². The first-order valence-electron chi connectivity index (χ1n) is 8.45. The summed E-state index contributed by atoms with van der Waals surface area (Å²) < 4.78 is 4.91. The topological polar surface area (TPSA) is 54.2 Å². The standard InChI is InChI=1S/C19H19N3O3S/c1-4-25-16(23)8-11-21-18(26)22(17(24)19(21)9-5-10-19)14-6-7-15(20-3)13(2)12-14/h6-8,11-12H,4-5,9-10H2,1-2H3/b11-8+. The van der Waals surface area contributed by atoms with E-state index in [4.69, 9.17) is 23.5 Å². The first kappa shape index (κ1) is 18.1. The molecule has 1 amide bonds. The Balaban J connectivity index is 1.95. The van der Waals surface area contributed by atoms with Crippen LogP contribution in [0.4, 0.5) is 11.4 Å². The number of carbonyl (C=O) groups is 2. The van der Waals surface area contributed by atoms with Crippen molar-refractivity contribution < 1.29 is 14.3 Å². The number of carbonyl (C=O) groups excluding carboxylic acids is 2. The Kier molecular flexibility index (Phi) is 4.79. The van der Waals surface area contributed by atoms with Crippen LogP contribution in [0.25, 0.3) is 4.85 Å². The maximum atomic E-state index is 13.2. The maximum Gasteiger partial charge on any atom is 0.332 e. The van der Waals surface area contributed by atoms with Gasteiger partial charge in [0.2, 0.25) is 0 Å². The normalized spacial score (nSPS) is 18.3. The molecule has 7 heteroatoms. The largest absolute Gasteiger partial charge is 0.463 e. The number of anilines is 1. The average molecular weight is 369 g/mol. The monoisotopic (exact) mass is 369 g/mol. The van der Waals surface area contributed by atoms with E-state index in [9.17, 15) is 9.59 Å². The molecule has 1 aliphatic carbocycles. The van der Waals surface area contributed by atoms with Crippen LogP contribution >= 0.6 is 12.2 Å². The Bertz CT molecular complexity index is 852. The number of benzene rings is 1. The summed E-state index contributed by atoms with van der Waals surface area (Å²) in [6.45, 7) is 11.0. The van der Waals surface area contributed by atoms with Crippen molar-refractivity contribution in [2.75, 3.05) is 11.5 Å². The number of thiocarbonyl (C=S) groups is 1. The van der Waals surface area contributed by atoms with Crippen molar-refractivity contribution in [2.45, 2.75) is 38.6 Å². The van der Waals surface area contributed by atoms with Crippen LogP contribution in [0.15, 0.2) is 30.5 Å². The third kappa shape index (κ3) is 2.76. The summed E-state index contributed by atoms with van der Waals surface area (Å²) in [5.74, 6) is -0.551. The molecule has 1 aliphatic heterocycles. The lowest BCUT2D eigenvalue weighted by Crippen LogP contribution is -2.52. The van der Waals surface area contributed by atoms with Crippen LogP contribution in [0.3, 0.4) is 0 Å². The zero-order valence-electron chi connectivity index (χ0n) is 14.7. The second-order valence-corrected chi connectivity index (χ2v) is 6.69. The molecule has 0 bridgehead atoms. The number of nitrogens with zero attached hydrogens (tertiary/aromatic N) is 3. The van der Waals surface area contributed by atoms with Crippen molar-refractivity contribution in [3.8, 4) is 0 Å². The number of esters is 1. The van der Waals surface area contributed by atoms with Crippen molar-refractivity contribution in [3.63, 3.8) is 0 Å². The highest BCUT2D eigenvalue weighted by atomic mass is 32.1. The smallest absolute Gasteiger partial charge is 0.332 e. The van der Waals surface area contributed by atoms with Gasteiger partial charge in [-0.15, -0.1) is 0 Å². The molecule has 3 rings (SSSR count). The number of hydrogen-bond donors (Lipinski definition) is 0. The molecule has 0 atom stereocenters. The Morgan fingerprint density at radius 1 is 1.46 bits per heavy atom. The fourth-order valence-electron chi connectivity index (χ4n) is 3.32. The van der Waals surface area contributed by atoms with Crippen molar-refractivity contribution >= 4 is 40.6 Å². The molecule has 1 saturated heterocycles. The van der Waals surface area contributed by atoms with E-state index in [1.807, 2.05) is 6.92 Å². The molecule has 0 radical (unpaired) electrons. The Morgan fingerprint density at radius 2 is 2.19 bits per heavy atom. The van der Waals surface area contributed by atoms with Crippen LogP contribution in [0.1, 0.15) is 31.7 Å². The summed E-state index contributed by atoms with van der Waals surface area (Å²) >= 11 is 5.56. The van der Waals surface area contributed by atoms with Crippen LogP contribution < -0.4 is 4.90 Å². The van der Waals surface area contributed by atoms with E-state index in [-0.39, 0.29) is 12.5 Å². The molecule has 2 aliphatic rings. The van der Waals surface area contributed by atoms with Gasteiger partial charge < -0.3 is 9.64 Å². The summed E-state index contributed by atoms with van der Waals surface area (Å²) in [6, 6.07) is 5.22. The molecule has 26 heavy (non-hydrogen) atoms. The summed E-state index contributed by atoms with van der Waals surface area (Å²) in [5, 5.41) is 0.338. The second-order valence-electron chi connectivity index (χ2n) is 6.33. The van der Waals surface area contributed by atoms with Crippen molar-refractivity contribution in [1.82, 2.24) is 4.90 Å². The van der Waals surface area contributed by atoms with E-state index in [0.717, 1.165) is 12.0 Å². The molecule has 1 spiro atoms. The second kappa shape index (κ2) is 6.89. The van der Waals surface area contributed by atoms with Crippen molar-refractivity contribution in [3.05, 3.63) is 47.5 Å². The zero-order valence-corrected chi connectivity index (χ0v) is 15.5. The minimum Gasteiger partial charge on any atom is -0.463 e. The molecule has 1 saturated carbocycles. The molecule has 134 valence electrons. The zero-order chi connectivity index (χ0) is 18.9. The van der Waals surface area contributed by atoms with E-state index < -0.39 is 11.5 Å². The lowest BCUT2D eigenvalue weighted by atomic mass is 9.75. The molecule has 1 heterocycles. The van der Waals surface area contributed by atoms with E-state index in [2.05, 4.69) is 4.85 Å². The van der Waals surface area contributed by atoms with Crippen LogP contribution in [0.2, 0.25) is 0 Å². The number of rotatable bonds is 4. The Labute approximate surface area is 157 Å². The van der Waals surface area contributed by atoms with Crippen LogP contribution in [-0.2, 0) is 14.3 Å². The molecule has 0 N–H and O–H groups in total. The summed E-state index contributed by atoms with van der Waals surface area (Å²) in [4.78, 5) is 31.5. The van der Waals surface area contributed by atoms with Crippen LogP contribution in [-0.4, -0.2) is 34.0 Å². The highest BCUT2D eigenvalue weighted by Crippen LogP contribution is 2.46. The van der Waals surface area contributed by atoms with Gasteiger partial charge in [0.15, 0.2) is 10.8 Å². The predicted molar refractivity (Wildman–Crippen MR) is 102 cm³/mol. The molecular weight excluding hydrogens is 350 g/mol. The van der Waals surface area contributed by atoms with Gasteiger partial charge >= 0.3 is 5.97 Å². The van der Waals surface area contributed by atoms with E-state index in [0.29, 0.717) is 29.3 Å². The van der Waals surface area contributed by atoms with Gasteiger partial charge in [-0.05, 0) is 63.0 Å². The number of hydrogen-bond acceptors (Lipinski definition) is 4. The van der Waals surface area contributed by atoms with E-state index in [1.165, 1.54) is 11.0 Å². The highest BCUT2D eigenvalue weighted by Gasteiger charge is 2.58. The molecule has 0 unspecified atom stereocenters. The van der Waals surface area contributed by atoms with Crippen LogP contribution in [0, 0.1) is 13.5 Å². The lowest BCUT2D eigenvalue weighted by molar-refractivity contribution is -0.137. The quantitative estimate of drug-likeness (QED) is 0.352. The molecular formula is C19H19N3O3S. The minimum atomic E-state index is -0.716. The van der Waals surface area contributed by atoms with Crippen LogP contribution in [0.5, 0.6) is 0 Å². The highest BCUT2D eigenvalue weighted by molar-refractivity contribution is 7.80. The minimum absolute atomic E-state index is 0.0859. The molecule has 1 aromatic rings. The number of aryl methyl sites for hydroxylation is 1. The van der Waals surface area contributed by atoms with Gasteiger partial charge in [0.25, 0.3) is 5.91 Å². The summed E-state index contributed by atoms with van der Waals surface area (Å²) in [5.41, 5.74) is 1.26. The lowest BCUT2D eigenvalue weighted by Gasteiger charge is -2.41. The predicted octanol–water partition coefficient (Wildman–Crippen LogP) is 3.48. The van der Waals surface area contributed by atoms with E-state index >= 15 is 0 Å². The fourth-order valence-corrected chi connectivity index (χ4v) is 3.74. The third-order valence-corrected chi connectivity index (χ3v) is 5.22. The summed E-state index contributed by atoms with van der Waals surface area (Å²) in [6.07, 6.45) is 5.17. The number of ether oxygens (including phenoxy) is 1. The molecule has 1 aromatic carbocycles. The first-order valence-corrected chi connectivity index (χ1v) is 8.86. The van der Waals surface area contributed by atoms with Gasteiger partial charge in [-0.3, -0.25) is 9.69 Å². The number of amides is 1. The summed E-state index contributed by atoms with van der Waals surface area (Å²) in [7, 11) is 0. The van der Waals surface area contributed by atoms with E-state index in [1.54, 1.807) is 36.2 Å². The van der Waals surface area contributed by atoms with Gasteiger partial charge in [0, 0.05) is 18.0 Å². The van der Waals surface area contributed by atoms with Gasteiger partial charge in [-0.2, -0.15) is 0 Å². The third-order valence-electron chi connectivity index (χ3n) is 4.85. The molecule has 0 aromatic heterocycles. The van der Waals surface area contributed by atoms with Gasteiger partial charge in [0.1, 0.15) is 5.54 Å². The molecule has 6 nitrogen and oxygen atoms in total. The van der Waals surface area contributed by atoms with Gasteiger partial charge in [-0.1, -0.05) is 6.07 Å². The molecule has 2 fully saturated rings. The fraction of sp³-hybridized carbons (Fsp3) is 0.368. The van der Waals surface area contributed by atoms with Crippen molar-refractivity contribution in [2.24, 2.45) is 0 Å². The SMILES string of the molecule is [C-]#[N+]c1ccc(N2C(=O)C3(CCC3)N(/C=C/C(=O)OCC)C2=S)cc1C. The average Bonchev–Trinajstić information content (AvgIpc) is 2.80. The maximum absolute atomic E-state index is 13.2. The van der Waals surface area contributed by atoms with Gasteiger partial charge in [-0.25, -0.2) is 9.64 Å².